The average Bonchev–Trinajstić information content (AvgIpc) is 3.02. The van der Waals surface area contributed by atoms with E-state index >= 15 is 0 Å². The second-order valence-electron chi connectivity index (χ2n) is 6.63. The largest absolute Gasteiger partial charge is 0.481 e. The topological polar surface area (TPSA) is 70.5 Å². The SMILES string of the molecule is CC1(C(=O)O)CCCN(C(=O)c2csc(Cc3cccc(F)c3)n2)C1. The maximum Gasteiger partial charge on any atom is 0.311 e. The third-order valence-corrected chi connectivity index (χ3v) is 5.36. The molecule has 2 heterocycles. The maximum absolute atomic E-state index is 13.3. The van der Waals surface area contributed by atoms with Gasteiger partial charge in [-0.15, -0.1) is 11.3 Å². The van der Waals surface area contributed by atoms with Crippen LogP contribution < -0.4 is 0 Å². The van der Waals surface area contributed by atoms with Crippen LogP contribution in [-0.2, 0) is 11.2 Å². The molecule has 1 unspecified atom stereocenters. The van der Waals surface area contributed by atoms with Crippen molar-refractivity contribution in [1.29, 1.82) is 0 Å². The fourth-order valence-electron chi connectivity index (χ4n) is 3.06. The number of hydrogen-bond acceptors (Lipinski definition) is 4. The molecule has 5 nitrogen and oxygen atoms in total. The van der Waals surface area contributed by atoms with Gasteiger partial charge in [-0.3, -0.25) is 9.59 Å². The van der Waals surface area contributed by atoms with Gasteiger partial charge >= 0.3 is 5.97 Å². The number of carbonyl (C=O) groups is 2. The molecule has 7 heteroatoms. The third-order valence-electron chi connectivity index (χ3n) is 4.52. The van der Waals surface area contributed by atoms with Crippen molar-refractivity contribution in [3.63, 3.8) is 0 Å². The van der Waals surface area contributed by atoms with E-state index in [1.807, 2.05) is 6.07 Å². The average molecular weight is 362 g/mol. The molecule has 0 spiro atoms. The lowest BCUT2D eigenvalue weighted by Gasteiger charge is -2.37. The highest BCUT2D eigenvalue weighted by molar-refractivity contribution is 7.09. The number of hydrogen-bond donors (Lipinski definition) is 1. The van der Waals surface area contributed by atoms with Crippen molar-refractivity contribution in [3.05, 3.63) is 51.7 Å². The smallest absolute Gasteiger partial charge is 0.311 e. The lowest BCUT2D eigenvalue weighted by atomic mass is 9.82. The minimum absolute atomic E-state index is 0.192. The number of carboxylic acids is 1. The van der Waals surface area contributed by atoms with E-state index in [4.69, 9.17) is 0 Å². The molecule has 2 aromatic rings. The number of benzene rings is 1. The first kappa shape index (κ1) is 17.5. The standard InChI is InChI=1S/C18H19FN2O3S/c1-18(17(23)24)6-3-7-21(11-18)16(22)14-10-25-15(20-14)9-12-4-2-5-13(19)8-12/h2,4-5,8,10H,3,6-7,9,11H2,1H3,(H,23,24). The second kappa shape index (κ2) is 6.92. The zero-order valence-corrected chi connectivity index (χ0v) is 14.7. The van der Waals surface area contributed by atoms with E-state index in [-0.39, 0.29) is 18.3 Å². The molecule has 1 fully saturated rings. The van der Waals surface area contributed by atoms with E-state index in [0.29, 0.717) is 31.5 Å². The molecule has 1 aromatic carbocycles. The van der Waals surface area contributed by atoms with Gasteiger partial charge in [-0.05, 0) is 37.5 Å². The van der Waals surface area contributed by atoms with Crippen LogP contribution in [0.25, 0.3) is 0 Å². The summed E-state index contributed by atoms with van der Waals surface area (Å²) < 4.78 is 13.3. The quantitative estimate of drug-likeness (QED) is 0.907. The number of aliphatic carboxylic acids is 1. The fraction of sp³-hybridized carbons (Fsp3) is 0.389. The Hall–Kier alpha value is -2.28. The number of carbonyl (C=O) groups excluding carboxylic acids is 1. The van der Waals surface area contributed by atoms with Crippen LogP contribution in [0, 0.1) is 11.2 Å². The molecule has 1 N–H and O–H groups in total. The van der Waals surface area contributed by atoms with E-state index in [0.717, 1.165) is 10.6 Å². The molecule has 1 saturated heterocycles. The molecule has 1 aromatic heterocycles. The van der Waals surface area contributed by atoms with E-state index < -0.39 is 11.4 Å². The van der Waals surface area contributed by atoms with Crippen molar-refractivity contribution in [2.75, 3.05) is 13.1 Å². The molecule has 1 amide bonds. The van der Waals surface area contributed by atoms with Crippen molar-refractivity contribution >= 4 is 23.2 Å². The molecule has 0 saturated carbocycles. The number of nitrogens with zero attached hydrogens (tertiary/aromatic N) is 2. The van der Waals surface area contributed by atoms with Crippen LogP contribution in [0.3, 0.4) is 0 Å². The molecule has 0 bridgehead atoms. The molecule has 25 heavy (non-hydrogen) atoms. The summed E-state index contributed by atoms with van der Waals surface area (Å²) in [4.78, 5) is 30.0. The van der Waals surface area contributed by atoms with Crippen LogP contribution in [-0.4, -0.2) is 40.0 Å². The van der Waals surface area contributed by atoms with E-state index in [1.165, 1.54) is 23.5 Å². The molecule has 1 aliphatic heterocycles. The summed E-state index contributed by atoms with van der Waals surface area (Å²) in [6.45, 7) is 2.40. The van der Waals surface area contributed by atoms with Crippen LogP contribution in [0.4, 0.5) is 4.39 Å². The minimum atomic E-state index is -0.908. The Bertz CT molecular complexity index is 807. The molecule has 0 radical (unpaired) electrons. The van der Waals surface area contributed by atoms with Crippen LogP contribution in [0.2, 0.25) is 0 Å². The van der Waals surface area contributed by atoms with Crippen molar-refractivity contribution in [1.82, 2.24) is 9.88 Å². The zero-order chi connectivity index (χ0) is 18.0. The first-order chi connectivity index (χ1) is 11.9. The Balaban J connectivity index is 1.71. The Kier molecular flexibility index (Phi) is 4.85. The van der Waals surface area contributed by atoms with Crippen LogP contribution in [0.15, 0.2) is 29.6 Å². The number of rotatable bonds is 4. The Morgan fingerprint density at radius 2 is 2.24 bits per heavy atom. The normalized spacial score (nSPS) is 20.5. The van der Waals surface area contributed by atoms with Gasteiger partial charge in [0.25, 0.3) is 5.91 Å². The summed E-state index contributed by atoms with van der Waals surface area (Å²) in [6.07, 6.45) is 1.69. The summed E-state index contributed by atoms with van der Waals surface area (Å²) in [7, 11) is 0. The monoisotopic (exact) mass is 362 g/mol. The van der Waals surface area contributed by atoms with Gasteiger partial charge in [-0.2, -0.15) is 0 Å². The summed E-state index contributed by atoms with van der Waals surface area (Å²) in [5, 5.41) is 11.8. The summed E-state index contributed by atoms with van der Waals surface area (Å²) in [6, 6.07) is 6.29. The molecule has 3 rings (SSSR count). The van der Waals surface area contributed by atoms with Gasteiger partial charge in [0.1, 0.15) is 11.5 Å². The van der Waals surface area contributed by atoms with E-state index in [2.05, 4.69) is 4.98 Å². The van der Waals surface area contributed by atoms with Crippen molar-refractivity contribution in [3.8, 4) is 0 Å². The number of thiazole rings is 1. The second-order valence-corrected chi connectivity index (χ2v) is 7.57. The Morgan fingerprint density at radius 3 is 2.96 bits per heavy atom. The third kappa shape index (κ3) is 3.87. The lowest BCUT2D eigenvalue weighted by molar-refractivity contribution is -0.150. The Morgan fingerprint density at radius 1 is 1.44 bits per heavy atom. The number of piperidine rings is 1. The van der Waals surface area contributed by atoms with Crippen LogP contribution >= 0.6 is 11.3 Å². The van der Waals surface area contributed by atoms with Gasteiger partial charge in [-0.1, -0.05) is 12.1 Å². The van der Waals surface area contributed by atoms with Gasteiger partial charge in [0.05, 0.1) is 10.4 Å². The number of halogens is 1. The van der Waals surface area contributed by atoms with Gasteiger partial charge in [0.2, 0.25) is 0 Å². The number of amides is 1. The van der Waals surface area contributed by atoms with Crippen molar-refractivity contribution in [2.45, 2.75) is 26.2 Å². The first-order valence-electron chi connectivity index (χ1n) is 8.09. The summed E-state index contributed by atoms with van der Waals surface area (Å²) >= 11 is 1.35. The number of likely N-dealkylation sites (tertiary alicyclic amines) is 1. The first-order valence-corrected chi connectivity index (χ1v) is 8.97. The molecule has 0 aliphatic carbocycles. The van der Waals surface area contributed by atoms with Gasteiger partial charge in [0, 0.05) is 24.9 Å². The number of aromatic nitrogens is 1. The minimum Gasteiger partial charge on any atom is -0.481 e. The van der Waals surface area contributed by atoms with Crippen LogP contribution in [0.5, 0.6) is 0 Å². The summed E-state index contributed by atoms with van der Waals surface area (Å²) in [5.41, 5.74) is 0.213. The highest BCUT2D eigenvalue weighted by Gasteiger charge is 2.39. The molecular weight excluding hydrogens is 343 g/mol. The lowest BCUT2D eigenvalue weighted by Crippen LogP contribution is -2.48. The van der Waals surface area contributed by atoms with Crippen molar-refractivity contribution in [2.24, 2.45) is 5.41 Å². The van der Waals surface area contributed by atoms with E-state index in [9.17, 15) is 19.1 Å². The fourth-order valence-corrected chi connectivity index (χ4v) is 3.86. The van der Waals surface area contributed by atoms with Gasteiger partial charge < -0.3 is 10.0 Å². The number of carboxylic acid groups (broad SMARTS) is 1. The predicted molar refractivity (Wildman–Crippen MR) is 92.2 cm³/mol. The predicted octanol–water partition coefficient (Wildman–Crippen LogP) is 3.20. The molecule has 1 atom stereocenters. The highest BCUT2D eigenvalue weighted by atomic mass is 32.1. The van der Waals surface area contributed by atoms with Crippen LogP contribution in [0.1, 0.15) is 40.8 Å². The molecular formula is C18H19FN2O3S. The maximum atomic E-state index is 13.3. The summed E-state index contributed by atoms with van der Waals surface area (Å²) in [5.74, 6) is -1.42. The van der Waals surface area contributed by atoms with Gasteiger partial charge in [0.15, 0.2) is 0 Å². The highest BCUT2D eigenvalue weighted by Crippen LogP contribution is 2.30. The van der Waals surface area contributed by atoms with Gasteiger partial charge in [-0.25, -0.2) is 9.37 Å². The zero-order valence-electron chi connectivity index (χ0n) is 13.9. The van der Waals surface area contributed by atoms with E-state index in [1.54, 1.807) is 23.3 Å². The molecule has 132 valence electrons. The van der Waals surface area contributed by atoms with Crippen molar-refractivity contribution < 1.29 is 19.1 Å². The molecule has 1 aliphatic rings. The Labute approximate surface area is 149 Å².